The van der Waals surface area contributed by atoms with Gasteiger partial charge in [-0.3, -0.25) is 4.79 Å². The van der Waals surface area contributed by atoms with Crippen molar-refractivity contribution in [2.45, 2.75) is 32.4 Å². The highest BCUT2D eigenvalue weighted by Crippen LogP contribution is 2.30. The summed E-state index contributed by atoms with van der Waals surface area (Å²) in [5.74, 6) is -0.145. The Hall–Kier alpha value is -3.42. The van der Waals surface area contributed by atoms with Crippen molar-refractivity contribution < 1.29 is 23.0 Å². The van der Waals surface area contributed by atoms with Gasteiger partial charge in [0.2, 0.25) is 0 Å². The molecular formula is C22H21F2N3O3. The molecule has 0 atom stereocenters. The van der Waals surface area contributed by atoms with Crippen molar-refractivity contribution in [1.82, 2.24) is 15.1 Å². The number of benzene rings is 2. The Morgan fingerprint density at radius 2 is 1.97 bits per heavy atom. The first-order valence-electron chi connectivity index (χ1n) is 9.63. The number of nitrogens with one attached hydrogen (secondary N) is 1. The van der Waals surface area contributed by atoms with E-state index in [1.54, 1.807) is 12.1 Å². The summed E-state index contributed by atoms with van der Waals surface area (Å²) in [5, 5.41) is 7.43. The van der Waals surface area contributed by atoms with E-state index < -0.39 is 6.61 Å². The highest BCUT2D eigenvalue weighted by molar-refractivity contribution is 5.94. The summed E-state index contributed by atoms with van der Waals surface area (Å²) in [4.78, 5) is 12.8. The van der Waals surface area contributed by atoms with Gasteiger partial charge in [-0.1, -0.05) is 24.3 Å². The smallest absolute Gasteiger partial charge is 0.387 e. The van der Waals surface area contributed by atoms with Gasteiger partial charge in [0.15, 0.2) is 17.2 Å². The van der Waals surface area contributed by atoms with Crippen LogP contribution in [0.15, 0.2) is 48.5 Å². The van der Waals surface area contributed by atoms with Crippen molar-refractivity contribution in [3.8, 4) is 17.2 Å². The van der Waals surface area contributed by atoms with Gasteiger partial charge < -0.3 is 14.8 Å². The standard InChI is InChI=1S/C22H21F2N3O3/c1-29-19-12-14(10-11-18(19)30-22(23)24)13-25-21(28)20-16-8-5-9-17(16)27(26-20)15-6-3-2-4-7-15/h2-4,6-7,10-12,22H,5,8-9,13H2,1H3,(H,25,28). The third-order valence-corrected chi connectivity index (χ3v) is 5.04. The molecule has 8 heteroatoms. The van der Waals surface area contributed by atoms with Crippen LogP contribution in [0.1, 0.15) is 33.7 Å². The largest absolute Gasteiger partial charge is 0.493 e. The average Bonchev–Trinajstić information content (AvgIpc) is 3.36. The topological polar surface area (TPSA) is 65.4 Å². The van der Waals surface area contributed by atoms with Gasteiger partial charge in [0.05, 0.1) is 12.8 Å². The zero-order valence-corrected chi connectivity index (χ0v) is 16.4. The number of hydrogen-bond acceptors (Lipinski definition) is 4. The molecule has 1 amide bonds. The predicted octanol–water partition coefficient (Wildman–Crippen LogP) is 3.90. The average molecular weight is 413 g/mol. The lowest BCUT2D eigenvalue weighted by molar-refractivity contribution is -0.0512. The second-order valence-electron chi connectivity index (χ2n) is 6.92. The van der Waals surface area contributed by atoms with Crippen LogP contribution in [-0.2, 0) is 19.4 Å². The van der Waals surface area contributed by atoms with Crippen molar-refractivity contribution >= 4 is 5.91 Å². The molecule has 2 aromatic carbocycles. The van der Waals surface area contributed by atoms with Crippen LogP contribution in [-0.4, -0.2) is 29.4 Å². The van der Waals surface area contributed by atoms with Crippen LogP contribution >= 0.6 is 0 Å². The number of ether oxygens (including phenoxy) is 2. The fraction of sp³-hybridized carbons (Fsp3) is 0.273. The van der Waals surface area contributed by atoms with E-state index in [4.69, 9.17) is 4.74 Å². The molecule has 1 aromatic heterocycles. The number of halogens is 2. The molecule has 156 valence electrons. The molecule has 0 bridgehead atoms. The third kappa shape index (κ3) is 3.98. The first kappa shape index (κ1) is 19.9. The van der Waals surface area contributed by atoms with Crippen molar-refractivity contribution in [1.29, 1.82) is 0 Å². The van der Waals surface area contributed by atoms with E-state index >= 15 is 0 Å². The lowest BCUT2D eigenvalue weighted by atomic mass is 10.1. The number of fused-ring (bicyclic) bond motifs is 1. The first-order valence-corrected chi connectivity index (χ1v) is 9.63. The van der Waals surface area contributed by atoms with Crippen LogP contribution in [0.5, 0.6) is 11.5 Å². The minimum atomic E-state index is -2.94. The Morgan fingerprint density at radius 3 is 2.70 bits per heavy atom. The number of methoxy groups -OCH3 is 1. The van der Waals surface area contributed by atoms with Gasteiger partial charge in [-0.05, 0) is 49.1 Å². The maximum atomic E-state index is 12.8. The SMILES string of the molecule is COc1cc(CNC(=O)c2nn(-c3ccccc3)c3c2CCC3)ccc1OC(F)F. The normalized spacial score (nSPS) is 12.7. The zero-order chi connectivity index (χ0) is 21.1. The molecule has 0 fully saturated rings. The van der Waals surface area contributed by atoms with Crippen molar-refractivity contribution in [2.75, 3.05) is 7.11 Å². The quantitative estimate of drug-likeness (QED) is 0.638. The summed E-state index contributed by atoms with van der Waals surface area (Å²) in [5.41, 5.74) is 4.10. The van der Waals surface area contributed by atoms with Crippen molar-refractivity contribution in [3.63, 3.8) is 0 Å². The van der Waals surface area contributed by atoms with Gasteiger partial charge in [-0.15, -0.1) is 0 Å². The molecule has 0 unspecified atom stereocenters. The van der Waals surface area contributed by atoms with E-state index in [0.717, 1.165) is 36.2 Å². The second-order valence-corrected chi connectivity index (χ2v) is 6.92. The molecule has 1 N–H and O–H groups in total. The van der Waals surface area contributed by atoms with E-state index in [9.17, 15) is 13.6 Å². The van der Waals surface area contributed by atoms with Crippen molar-refractivity contribution in [3.05, 3.63) is 71.0 Å². The van der Waals surface area contributed by atoms with Gasteiger partial charge >= 0.3 is 6.61 Å². The Morgan fingerprint density at radius 1 is 1.17 bits per heavy atom. The highest BCUT2D eigenvalue weighted by Gasteiger charge is 2.26. The molecule has 3 aromatic rings. The third-order valence-electron chi connectivity index (χ3n) is 5.04. The van der Waals surface area contributed by atoms with Crippen molar-refractivity contribution in [2.24, 2.45) is 0 Å². The minimum absolute atomic E-state index is 0.0537. The molecule has 0 radical (unpaired) electrons. The number of para-hydroxylation sites is 1. The Balaban J connectivity index is 1.51. The summed E-state index contributed by atoms with van der Waals surface area (Å²) in [6.07, 6.45) is 2.69. The summed E-state index contributed by atoms with van der Waals surface area (Å²) < 4.78 is 36.3. The maximum absolute atomic E-state index is 12.8. The van der Waals surface area contributed by atoms with Gasteiger partial charge in [0, 0.05) is 17.8 Å². The molecule has 0 saturated carbocycles. The van der Waals surface area contributed by atoms with Crippen LogP contribution in [0.25, 0.3) is 5.69 Å². The predicted molar refractivity (Wildman–Crippen MR) is 106 cm³/mol. The number of rotatable bonds is 7. The molecule has 6 nitrogen and oxygen atoms in total. The van der Waals surface area contributed by atoms with Gasteiger partial charge in [0.25, 0.3) is 5.91 Å². The first-order chi connectivity index (χ1) is 14.6. The number of nitrogens with zero attached hydrogens (tertiary/aromatic N) is 2. The van der Waals surface area contributed by atoms with Crippen LogP contribution in [0.3, 0.4) is 0 Å². The molecular weight excluding hydrogens is 392 g/mol. The number of carbonyl (C=O) groups is 1. The van der Waals surface area contributed by atoms with Crippen LogP contribution in [0.2, 0.25) is 0 Å². The Bertz CT molecular complexity index is 1050. The monoisotopic (exact) mass is 413 g/mol. The lowest BCUT2D eigenvalue weighted by Crippen LogP contribution is -2.24. The number of amides is 1. The summed E-state index contributed by atoms with van der Waals surface area (Å²) in [6.45, 7) is -2.73. The molecule has 1 heterocycles. The van der Waals surface area contributed by atoms with E-state index in [-0.39, 0.29) is 24.0 Å². The lowest BCUT2D eigenvalue weighted by Gasteiger charge is -2.12. The Labute approximate surface area is 172 Å². The molecule has 0 spiro atoms. The number of carbonyl (C=O) groups excluding carboxylic acids is 1. The number of alkyl halides is 2. The summed E-state index contributed by atoms with van der Waals surface area (Å²) in [7, 11) is 1.37. The van der Waals surface area contributed by atoms with Crippen LogP contribution in [0.4, 0.5) is 8.78 Å². The summed E-state index contributed by atoms with van der Waals surface area (Å²) in [6, 6.07) is 14.3. The molecule has 30 heavy (non-hydrogen) atoms. The van der Waals surface area contributed by atoms with E-state index in [1.165, 1.54) is 13.2 Å². The second kappa shape index (κ2) is 8.52. The number of aromatic nitrogens is 2. The van der Waals surface area contributed by atoms with Crippen LogP contribution in [0, 0.1) is 0 Å². The Kier molecular flexibility index (Phi) is 5.65. The fourth-order valence-electron chi connectivity index (χ4n) is 3.68. The molecule has 1 aliphatic rings. The van der Waals surface area contributed by atoms with Gasteiger partial charge in [-0.25, -0.2) is 4.68 Å². The maximum Gasteiger partial charge on any atom is 0.387 e. The van der Waals surface area contributed by atoms with E-state index in [1.807, 2.05) is 35.0 Å². The van der Waals surface area contributed by atoms with E-state index in [2.05, 4.69) is 15.2 Å². The molecule has 1 aliphatic carbocycles. The molecule has 0 saturated heterocycles. The van der Waals surface area contributed by atoms with E-state index in [0.29, 0.717) is 11.3 Å². The summed E-state index contributed by atoms with van der Waals surface area (Å²) >= 11 is 0. The molecule has 0 aliphatic heterocycles. The van der Waals surface area contributed by atoms with Gasteiger partial charge in [-0.2, -0.15) is 13.9 Å². The van der Waals surface area contributed by atoms with Gasteiger partial charge in [0.1, 0.15) is 0 Å². The number of hydrogen-bond donors (Lipinski definition) is 1. The fourth-order valence-corrected chi connectivity index (χ4v) is 3.68. The zero-order valence-electron chi connectivity index (χ0n) is 16.4. The highest BCUT2D eigenvalue weighted by atomic mass is 19.3. The minimum Gasteiger partial charge on any atom is -0.493 e. The molecule has 4 rings (SSSR count). The van der Waals surface area contributed by atoms with Crippen LogP contribution < -0.4 is 14.8 Å².